The van der Waals surface area contributed by atoms with Gasteiger partial charge < -0.3 is 4.90 Å². The van der Waals surface area contributed by atoms with Crippen molar-refractivity contribution >= 4 is 5.91 Å². The third-order valence-electron chi connectivity index (χ3n) is 2.86. The summed E-state index contributed by atoms with van der Waals surface area (Å²) in [5, 5.41) is 0. The van der Waals surface area contributed by atoms with E-state index in [9.17, 15) is 4.79 Å². The summed E-state index contributed by atoms with van der Waals surface area (Å²) in [4.78, 5) is 13.3. The third-order valence-corrected chi connectivity index (χ3v) is 2.86. The maximum absolute atomic E-state index is 11.5. The van der Waals surface area contributed by atoms with Gasteiger partial charge in [-0.15, -0.1) is 0 Å². The zero-order valence-corrected chi connectivity index (χ0v) is 8.99. The second-order valence-corrected chi connectivity index (χ2v) is 3.99. The molecule has 2 rings (SSSR count). The number of carbonyl (C=O) groups excluding carboxylic acids is 1. The van der Waals surface area contributed by atoms with Gasteiger partial charge in [0.05, 0.1) is 0 Å². The summed E-state index contributed by atoms with van der Waals surface area (Å²) in [6.07, 6.45) is 2.34. The molecule has 1 aromatic carbocycles. The SMILES string of the molecule is C=CC(=O)N1CCc2cc(C)ccc2C1. The van der Waals surface area contributed by atoms with Crippen molar-refractivity contribution in [2.45, 2.75) is 19.9 Å². The van der Waals surface area contributed by atoms with Crippen LogP contribution in [0.1, 0.15) is 16.7 Å². The first-order chi connectivity index (χ1) is 7.20. The summed E-state index contributed by atoms with van der Waals surface area (Å²) >= 11 is 0. The molecule has 15 heavy (non-hydrogen) atoms. The lowest BCUT2D eigenvalue weighted by atomic mass is 9.98. The number of hydrogen-bond donors (Lipinski definition) is 0. The lowest BCUT2D eigenvalue weighted by Crippen LogP contribution is -2.34. The maximum Gasteiger partial charge on any atom is 0.246 e. The Morgan fingerprint density at radius 3 is 3.00 bits per heavy atom. The average molecular weight is 201 g/mol. The van der Waals surface area contributed by atoms with Crippen LogP contribution in [0.5, 0.6) is 0 Å². The molecular weight excluding hydrogens is 186 g/mol. The van der Waals surface area contributed by atoms with Crippen molar-refractivity contribution in [2.24, 2.45) is 0 Å². The molecule has 0 fully saturated rings. The number of rotatable bonds is 1. The summed E-state index contributed by atoms with van der Waals surface area (Å²) < 4.78 is 0. The fourth-order valence-electron chi connectivity index (χ4n) is 2.00. The van der Waals surface area contributed by atoms with Crippen LogP contribution in [0.2, 0.25) is 0 Å². The van der Waals surface area contributed by atoms with Crippen LogP contribution in [0.4, 0.5) is 0 Å². The van der Waals surface area contributed by atoms with E-state index < -0.39 is 0 Å². The Labute approximate surface area is 90.2 Å². The minimum Gasteiger partial charge on any atom is -0.335 e. The van der Waals surface area contributed by atoms with E-state index in [2.05, 4.69) is 31.7 Å². The number of nitrogens with zero attached hydrogens (tertiary/aromatic N) is 1. The Hall–Kier alpha value is -1.57. The molecule has 2 nitrogen and oxygen atoms in total. The molecule has 1 heterocycles. The van der Waals surface area contributed by atoms with Gasteiger partial charge in [0, 0.05) is 13.1 Å². The van der Waals surface area contributed by atoms with Crippen LogP contribution in [0.25, 0.3) is 0 Å². The van der Waals surface area contributed by atoms with E-state index in [0.717, 1.165) is 19.5 Å². The van der Waals surface area contributed by atoms with E-state index >= 15 is 0 Å². The van der Waals surface area contributed by atoms with Crippen molar-refractivity contribution in [2.75, 3.05) is 6.54 Å². The van der Waals surface area contributed by atoms with E-state index in [1.54, 1.807) is 0 Å². The van der Waals surface area contributed by atoms with Gasteiger partial charge in [-0.1, -0.05) is 30.3 Å². The van der Waals surface area contributed by atoms with Crippen LogP contribution in [0, 0.1) is 6.92 Å². The topological polar surface area (TPSA) is 20.3 Å². The van der Waals surface area contributed by atoms with E-state index in [1.165, 1.54) is 22.8 Å². The van der Waals surface area contributed by atoms with Crippen LogP contribution in [0.3, 0.4) is 0 Å². The van der Waals surface area contributed by atoms with Gasteiger partial charge in [0.2, 0.25) is 5.91 Å². The minimum atomic E-state index is 0.0289. The van der Waals surface area contributed by atoms with Crippen LogP contribution in [0.15, 0.2) is 30.9 Å². The Morgan fingerprint density at radius 2 is 2.27 bits per heavy atom. The lowest BCUT2D eigenvalue weighted by molar-refractivity contribution is -0.126. The lowest BCUT2D eigenvalue weighted by Gasteiger charge is -2.28. The fourth-order valence-corrected chi connectivity index (χ4v) is 2.00. The maximum atomic E-state index is 11.5. The molecule has 0 N–H and O–H groups in total. The number of aryl methyl sites for hydroxylation is 1. The van der Waals surface area contributed by atoms with Crippen LogP contribution in [-0.2, 0) is 17.8 Å². The van der Waals surface area contributed by atoms with Gasteiger partial charge in [-0.2, -0.15) is 0 Å². The molecular formula is C13H15NO. The van der Waals surface area contributed by atoms with E-state index in [4.69, 9.17) is 0 Å². The molecule has 0 aliphatic carbocycles. The molecule has 0 spiro atoms. The first-order valence-corrected chi connectivity index (χ1v) is 5.20. The Morgan fingerprint density at radius 1 is 1.47 bits per heavy atom. The van der Waals surface area contributed by atoms with Crippen molar-refractivity contribution < 1.29 is 4.79 Å². The number of amides is 1. The molecule has 78 valence electrons. The second kappa shape index (κ2) is 3.89. The highest BCUT2D eigenvalue weighted by Crippen LogP contribution is 2.20. The molecule has 1 aromatic rings. The largest absolute Gasteiger partial charge is 0.335 e. The molecule has 0 atom stereocenters. The summed E-state index contributed by atoms with van der Waals surface area (Å²) in [7, 11) is 0. The highest BCUT2D eigenvalue weighted by Gasteiger charge is 2.18. The average Bonchev–Trinajstić information content (AvgIpc) is 2.27. The Balaban J connectivity index is 2.23. The van der Waals surface area contributed by atoms with Crippen molar-refractivity contribution in [1.82, 2.24) is 4.90 Å². The number of hydrogen-bond acceptors (Lipinski definition) is 1. The molecule has 2 heteroatoms. The molecule has 1 aliphatic rings. The van der Waals surface area contributed by atoms with E-state index in [-0.39, 0.29) is 5.91 Å². The summed E-state index contributed by atoms with van der Waals surface area (Å²) in [6, 6.07) is 6.43. The molecule has 0 unspecified atom stereocenters. The first-order valence-electron chi connectivity index (χ1n) is 5.20. The zero-order chi connectivity index (χ0) is 10.8. The van der Waals surface area contributed by atoms with Crippen molar-refractivity contribution in [3.05, 3.63) is 47.5 Å². The van der Waals surface area contributed by atoms with Gasteiger partial charge in [-0.05, 0) is 30.5 Å². The predicted molar refractivity (Wildman–Crippen MR) is 60.5 cm³/mol. The van der Waals surface area contributed by atoms with E-state index in [0.29, 0.717) is 0 Å². The smallest absolute Gasteiger partial charge is 0.246 e. The predicted octanol–water partition coefficient (Wildman–Crippen LogP) is 2.07. The molecule has 0 saturated heterocycles. The molecule has 1 aliphatic heterocycles. The number of fused-ring (bicyclic) bond motifs is 1. The molecule has 0 radical (unpaired) electrons. The van der Waals surface area contributed by atoms with E-state index in [1.807, 2.05) is 4.90 Å². The van der Waals surface area contributed by atoms with Gasteiger partial charge >= 0.3 is 0 Å². The standard InChI is InChI=1S/C13H15NO/c1-3-13(15)14-7-6-11-8-10(2)4-5-12(11)9-14/h3-5,8H,1,6-7,9H2,2H3. The van der Waals surface area contributed by atoms with Gasteiger partial charge in [0.1, 0.15) is 0 Å². The fraction of sp³-hybridized carbons (Fsp3) is 0.308. The Kier molecular flexibility index (Phi) is 2.58. The van der Waals surface area contributed by atoms with Gasteiger partial charge in [-0.3, -0.25) is 4.79 Å². The second-order valence-electron chi connectivity index (χ2n) is 3.99. The van der Waals surface area contributed by atoms with Crippen molar-refractivity contribution in [1.29, 1.82) is 0 Å². The number of benzene rings is 1. The normalized spacial score (nSPS) is 14.6. The molecule has 0 bridgehead atoms. The minimum absolute atomic E-state index is 0.0289. The molecule has 0 saturated carbocycles. The zero-order valence-electron chi connectivity index (χ0n) is 8.99. The van der Waals surface area contributed by atoms with Crippen molar-refractivity contribution in [3.63, 3.8) is 0 Å². The Bertz CT molecular complexity index is 409. The third kappa shape index (κ3) is 1.94. The van der Waals surface area contributed by atoms with Crippen LogP contribution in [-0.4, -0.2) is 17.4 Å². The summed E-state index contributed by atoms with van der Waals surface area (Å²) in [5.74, 6) is 0.0289. The number of carbonyl (C=O) groups is 1. The molecule has 1 amide bonds. The quantitative estimate of drug-likeness (QED) is 0.637. The summed E-state index contributed by atoms with van der Waals surface area (Å²) in [6.45, 7) is 7.14. The van der Waals surface area contributed by atoms with Crippen molar-refractivity contribution in [3.8, 4) is 0 Å². The first kappa shape index (κ1) is 9.97. The molecule has 0 aromatic heterocycles. The highest BCUT2D eigenvalue weighted by atomic mass is 16.2. The monoisotopic (exact) mass is 201 g/mol. The summed E-state index contributed by atoms with van der Waals surface area (Å²) in [5.41, 5.74) is 3.93. The highest BCUT2D eigenvalue weighted by molar-refractivity contribution is 5.87. The van der Waals surface area contributed by atoms with Crippen LogP contribution < -0.4 is 0 Å². The van der Waals surface area contributed by atoms with Gasteiger partial charge in [0.15, 0.2) is 0 Å². The van der Waals surface area contributed by atoms with Gasteiger partial charge in [-0.25, -0.2) is 0 Å². The van der Waals surface area contributed by atoms with Gasteiger partial charge in [0.25, 0.3) is 0 Å². The van der Waals surface area contributed by atoms with Crippen LogP contribution >= 0.6 is 0 Å².